The van der Waals surface area contributed by atoms with Crippen molar-refractivity contribution in [2.45, 2.75) is 70.5 Å². The van der Waals surface area contributed by atoms with Crippen LogP contribution < -0.4 is 10.6 Å². The summed E-state index contributed by atoms with van der Waals surface area (Å²) >= 11 is 5.50. The lowest BCUT2D eigenvalue weighted by Gasteiger charge is -2.27. The van der Waals surface area contributed by atoms with Gasteiger partial charge in [0, 0.05) is 18.9 Å². The molecule has 0 aromatic heterocycles. The van der Waals surface area contributed by atoms with Crippen LogP contribution in [0.4, 0.5) is 4.79 Å². The maximum absolute atomic E-state index is 12.1. The number of rotatable bonds is 14. The fraction of sp³-hybridized carbons (Fsp3) is 0.773. The quantitative estimate of drug-likeness (QED) is 0.244. The normalized spacial score (nSPS) is 24.9. The number of ketones is 1. The number of alkyl carbamates (subject to hydrolysis) is 1. The molecule has 8 heteroatoms. The topological polar surface area (TPSA) is 93.7 Å². The lowest BCUT2D eigenvalue weighted by molar-refractivity contribution is -0.120. The van der Waals surface area contributed by atoms with Crippen molar-refractivity contribution in [2.75, 3.05) is 25.6 Å². The number of hydrogen-bond donors (Lipinski definition) is 2. The Morgan fingerprint density at radius 2 is 1.87 bits per heavy atom. The first-order valence-corrected chi connectivity index (χ1v) is 11.6. The van der Waals surface area contributed by atoms with Crippen molar-refractivity contribution in [3.63, 3.8) is 0 Å². The minimum Gasteiger partial charge on any atom is -0.450 e. The van der Waals surface area contributed by atoms with Gasteiger partial charge in [-0.15, -0.1) is 11.6 Å². The Bertz CT molecular complexity index is 598. The summed E-state index contributed by atoms with van der Waals surface area (Å²) in [6, 6.07) is 0. The lowest BCUT2D eigenvalue weighted by Crippen LogP contribution is -2.42. The lowest BCUT2D eigenvalue weighted by atomic mass is 9.77. The maximum atomic E-state index is 12.1. The maximum Gasteiger partial charge on any atom is 0.407 e. The summed E-state index contributed by atoms with van der Waals surface area (Å²) in [5.41, 5.74) is 0. The van der Waals surface area contributed by atoms with Crippen LogP contribution in [0.25, 0.3) is 0 Å². The van der Waals surface area contributed by atoms with Crippen LogP contribution in [0.3, 0.4) is 0 Å². The zero-order chi connectivity index (χ0) is 21.8. The number of allylic oxidation sites excluding steroid dienone is 2. The Morgan fingerprint density at radius 1 is 1.10 bits per heavy atom. The molecule has 4 atom stereocenters. The zero-order valence-corrected chi connectivity index (χ0v) is 18.6. The third kappa shape index (κ3) is 8.26. The molecular weight excluding hydrogens is 408 g/mol. The highest BCUT2D eigenvalue weighted by molar-refractivity contribution is 6.27. The second-order valence-electron chi connectivity index (χ2n) is 8.04. The number of alkyl halides is 1. The predicted molar refractivity (Wildman–Crippen MR) is 115 cm³/mol. The largest absolute Gasteiger partial charge is 0.450 e. The molecule has 0 aromatic rings. The number of carbonyl (C=O) groups excluding carboxylic acids is 3. The average molecular weight is 443 g/mol. The summed E-state index contributed by atoms with van der Waals surface area (Å²) in [5, 5.41) is 5.41. The van der Waals surface area contributed by atoms with Crippen molar-refractivity contribution in [1.82, 2.24) is 10.6 Å². The van der Waals surface area contributed by atoms with Crippen LogP contribution >= 0.6 is 11.6 Å². The van der Waals surface area contributed by atoms with Gasteiger partial charge in [0.05, 0.1) is 31.2 Å². The standard InChI is InChI=1S/C22H35ClN2O5/c1-2-3-12-29-22(28)25-15-21(27)24-14-18-17(19-10-11-20(18)30-19)9-7-5-4-6-8-16(26)13-23/h5,7,17-20H,2-4,6,8-15H2,1H3,(H,24,27)(H,25,28)/t17-,18+,19-,20+/m0/s1. The number of carbonyl (C=O) groups is 3. The number of fused-ring (bicyclic) bond motifs is 2. The smallest absolute Gasteiger partial charge is 0.407 e. The van der Waals surface area contributed by atoms with Crippen LogP contribution in [0.5, 0.6) is 0 Å². The Balaban J connectivity index is 1.67. The van der Waals surface area contributed by atoms with E-state index in [1.54, 1.807) is 0 Å². The number of amides is 2. The van der Waals surface area contributed by atoms with Gasteiger partial charge in [-0.3, -0.25) is 9.59 Å². The fourth-order valence-corrected chi connectivity index (χ4v) is 4.28. The van der Waals surface area contributed by atoms with Gasteiger partial charge in [-0.05, 0) is 44.4 Å². The molecule has 0 radical (unpaired) electrons. The van der Waals surface area contributed by atoms with Crippen molar-refractivity contribution >= 4 is 29.4 Å². The van der Waals surface area contributed by atoms with Gasteiger partial charge in [0.15, 0.2) is 0 Å². The molecule has 2 fully saturated rings. The van der Waals surface area contributed by atoms with Crippen LogP contribution in [0.2, 0.25) is 0 Å². The van der Waals surface area contributed by atoms with E-state index in [0.717, 1.165) is 44.9 Å². The molecule has 2 aliphatic rings. The van der Waals surface area contributed by atoms with Crippen LogP contribution in [0.1, 0.15) is 58.3 Å². The number of halogens is 1. The molecule has 0 aromatic carbocycles. The molecule has 0 unspecified atom stereocenters. The zero-order valence-electron chi connectivity index (χ0n) is 17.9. The number of hydrogen-bond acceptors (Lipinski definition) is 5. The van der Waals surface area contributed by atoms with Crippen molar-refractivity contribution < 1.29 is 23.9 Å². The molecule has 2 amide bonds. The minimum absolute atomic E-state index is 0.0851. The predicted octanol–water partition coefficient (Wildman–Crippen LogP) is 3.35. The summed E-state index contributed by atoms with van der Waals surface area (Å²) in [6.07, 6.45) is 11.2. The molecule has 2 N–H and O–H groups in total. The molecule has 2 aliphatic heterocycles. The third-order valence-corrected chi connectivity index (χ3v) is 6.10. The Hall–Kier alpha value is -1.60. The summed E-state index contributed by atoms with van der Waals surface area (Å²) in [6.45, 7) is 2.85. The van der Waals surface area contributed by atoms with E-state index in [-0.39, 0.29) is 42.2 Å². The highest BCUT2D eigenvalue weighted by Crippen LogP contribution is 2.44. The first kappa shape index (κ1) is 24.7. The highest BCUT2D eigenvalue weighted by atomic mass is 35.5. The molecule has 2 heterocycles. The van der Waals surface area contributed by atoms with E-state index in [2.05, 4.69) is 22.8 Å². The molecule has 7 nitrogen and oxygen atoms in total. The fourth-order valence-electron chi connectivity index (χ4n) is 4.14. The molecule has 0 saturated carbocycles. The van der Waals surface area contributed by atoms with E-state index in [1.165, 1.54) is 0 Å². The summed E-state index contributed by atoms with van der Waals surface area (Å²) in [5.74, 6) is 0.632. The molecular formula is C22H35ClN2O5. The van der Waals surface area contributed by atoms with Crippen LogP contribution in [0, 0.1) is 11.8 Å². The number of nitrogens with one attached hydrogen (secondary N) is 2. The Labute approximate surface area is 184 Å². The highest BCUT2D eigenvalue weighted by Gasteiger charge is 2.47. The van der Waals surface area contributed by atoms with Crippen LogP contribution in [-0.4, -0.2) is 55.6 Å². The first-order chi connectivity index (χ1) is 14.5. The van der Waals surface area contributed by atoms with Crippen molar-refractivity contribution in [3.05, 3.63) is 12.2 Å². The van der Waals surface area contributed by atoms with Gasteiger partial charge in [0.1, 0.15) is 5.78 Å². The first-order valence-electron chi connectivity index (χ1n) is 11.1. The molecule has 0 spiro atoms. The van der Waals surface area contributed by atoms with Crippen LogP contribution in [0.15, 0.2) is 12.2 Å². The number of unbranched alkanes of at least 4 members (excludes halogenated alkanes) is 2. The Morgan fingerprint density at radius 3 is 2.60 bits per heavy atom. The van der Waals surface area contributed by atoms with Crippen molar-refractivity contribution in [1.29, 1.82) is 0 Å². The van der Waals surface area contributed by atoms with E-state index in [1.807, 2.05) is 6.92 Å². The molecule has 170 valence electrons. The number of Topliss-reactive ketones (excluding diaryl/α,β-unsaturated/α-hetero) is 1. The van der Waals surface area contributed by atoms with Gasteiger partial charge < -0.3 is 20.1 Å². The summed E-state index contributed by atoms with van der Waals surface area (Å²) in [7, 11) is 0. The second kappa shape index (κ2) is 13.7. The number of ether oxygens (including phenoxy) is 2. The van der Waals surface area contributed by atoms with E-state index in [9.17, 15) is 14.4 Å². The van der Waals surface area contributed by atoms with E-state index >= 15 is 0 Å². The molecule has 0 aliphatic carbocycles. The Kier molecular flexibility index (Phi) is 11.2. The van der Waals surface area contributed by atoms with E-state index in [4.69, 9.17) is 21.1 Å². The summed E-state index contributed by atoms with van der Waals surface area (Å²) in [4.78, 5) is 34.8. The van der Waals surface area contributed by atoms with Gasteiger partial charge >= 0.3 is 6.09 Å². The van der Waals surface area contributed by atoms with Gasteiger partial charge in [0.2, 0.25) is 5.91 Å². The monoisotopic (exact) mass is 442 g/mol. The van der Waals surface area contributed by atoms with Gasteiger partial charge in [0.25, 0.3) is 0 Å². The van der Waals surface area contributed by atoms with E-state index in [0.29, 0.717) is 25.5 Å². The second-order valence-corrected chi connectivity index (χ2v) is 8.30. The average Bonchev–Trinajstić information content (AvgIpc) is 3.35. The molecule has 2 rings (SSSR count). The van der Waals surface area contributed by atoms with Gasteiger partial charge in [-0.2, -0.15) is 0 Å². The van der Waals surface area contributed by atoms with Crippen molar-refractivity contribution in [3.8, 4) is 0 Å². The summed E-state index contributed by atoms with van der Waals surface area (Å²) < 4.78 is 11.0. The minimum atomic E-state index is -0.558. The molecule has 2 bridgehead atoms. The van der Waals surface area contributed by atoms with Crippen LogP contribution in [-0.2, 0) is 19.1 Å². The molecule has 30 heavy (non-hydrogen) atoms. The van der Waals surface area contributed by atoms with Gasteiger partial charge in [-0.25, -0.2) is 4.79 Å². The van der Waals surface area contributed by atoms with E-state index < -0.39 is 6.09 Å². The van der Waals surface area contributed by atoms with Gasteiger partial charge in [-0.1, -0.05) is 25.5 Å². The third-order valence-electron chi connectivity index (χ3n) is 5.80. The molecule has 2 saturated heterocycles. The SMILES string of the molecule is CCCCOC(=O)NCC(=O)NC[C@@H]1[C@H](CC=CCCCC(=O)CCl)[C@@H]2CC[C@H]1O2. The van der Waals surface area contributed by atoms with Crippen molar-refractivity contribution in [2.24, 2.45) is 11.8 Å².